The van der Waals surface area contributed by atoms with Gasteiger partial charge in [-0.05, 0) is 25.8 Å². The molecule has 0 bridgehead atoms. The van der Waals surface area contributed by atoms with Gasteiger partial charge in [0.25, 0.3) is 0 Å². The van der Waals surface area contributed by atoms with Crippen LogP contribution in [0, 0.1) is 5.92 Å². The molecule has 0 saturated heterocycles. The fraction of sp³-hybridized carbons (Fsp3) is 0.875. The molecule has 0 aromatic rings. The highest BCUT2D eigenvalue weighted by Crippen LogP contribution is 2.26. The summed E-state index contributed by atoms with van der Waals surface area (Å²) in [4.78, 5) is 11.2. The van der Waals surface area contributed by atoms with Crippen LogP contribution in [-0.2, 0) is 4.79 Å². The van der Waals surface area contributed by atoms with E-state index in [4.69, 9.17) is 10.8 Å². The number of aliphatic hydroxyl groups excluding tert-OH is 1. The Labute approximate surface area is 72.1 Å². The van der Waals surface area contributed by atoms with Crippen molar-refractivity contribution in [3.63, 3.8) is 0 Å². The third-order valence-corrected chi connectivity index (χ3v) is 2.16. The first-order chi connectivity index (χ1) is 5.74. The van der Waals surface area contributed by atoms with Gasteiger partial charge in [0.1, 0.15) is 0 Å². The zero-order valence-electron chi connectivity index (χ0n) is 7.12. The smallest absolute Gasteiger partial charge is 0.223 e. The second kappa shape index (κ2) is 4.42. The van der Waals surface area contributed by atoms with Gasteiger partial charge in [0.05, 0.1) is 6.10 Å². The van der Waals surface area contributed by atoms with Crippen LogP contribution in [0.2, 0.25) is 0 Å². The molecule has 1 fully saturated rings. The number of rotatable bonds is 4. The van der Waals surface area contributed by atoms with Crippen LogP contribution in [0.5, 0.6) is 0 Å². The quantitative estimate of drug-likeness (QED) is 0.487. The molecule has 4 heteroatoms. The molecule has 0 aliphatic heterocycles. The van der Waals surface area contributed by atoms with Crippen molar-refractivity contribution in [1.82, 2.24) is 5.32 Å². The zero-order valence-corrected chi connectivity index (χ0v) is 7.12. The summed E-state index contributed by atoms with van der Waals surface area (Å²) in [6.07, 6.45) is 1.81. The third kappa shape index (κ3) is 2.46. The van der Waals surface area contributed by atoms with Crippen molar-refractivity contribution >= 4 is 5.91 Å². The van der Waals surface area contributed by atoms with Crippen molar-refractivity contribution in [3.8, 4) is 0 Å². The molecule has 0 atom stereocenters. The van der Waals surface area contributed by atoms with E-state index >= 15 is 0 Å². The lowest BCUT2D eigenvalue weighted by Crippen LogP contribution is -2.41. The molecule has 1 saturated carbocycles. The number of hydrogen-bond donors (Lipinski definition) is 3. The normalized spacial score (nSPS) is 27.8. The first-order valence-electron chi connectivity index (χ1n) is 4.40. The number of amides is 1. The lowest BCUT2D eigenvalue weighted by molar-refractivity contribution is -0.131. The summed E-state index contributed by atoms with van der Waals surface area (Å²) in [7, 11) is 0. The SMILES string of the molecule is NCCCNC(=O)C1CC(O)C1. The van der Waals surface area contributed by atoms with E-state index in [-0.39, 0.29) is 17.9 Å². The Morgan fingerprint density at radius 2 is 2.25 bits per heavy atom. The summed E-state index contributed by atoms with van der Waals surface area (Å²) in [5, 5.41) is 11.7. The Kier molecular flexibility index (Phi) is 3.49. The van der Waals surface area contributed by atoms with E-state index in [1.807, 2.05) is 0 Å². The van der Waals surface area contributed by atoms with Gasteiger partial charge in [-0.15, -0.1) is 0 Å². The monoisotopic (exact) mass is 172 g/mol. The maximum absolute atomic E-state index is 11.2. The fourth-order valence-corrected chi connectivity index (χ4v) is 1.26. The van der Waals surface area contributed by atoms with Crippen molar-refractivity contribution < 1.29 is 9.90 Å². The molecule has 1 rings (SSSR count). The van der Waals surface area contributed by atoms with Crippen LogP contribution in [0.4, 0.5) is 0 Å². The molecule has 1 amide bonds. The van der Waals surface area contributed by atoms with Crippen LogP contribution >= 0.6 is 0 Å². The molecule has 4 nitrogen and oxygen atoms in total. The minimum absolute atomic E-state index is 0.0396. The first kappa shape index (κ1) is 9.48. The second-order valence-corrected chi connectivity index (χ2v) is 3.26. The van der Waals surface area contributed by atoms with E-state index in [2.05, 4.69) is 5.32 Å². The van der Waals surface area contributed by atoms with Crippen LogP contribution in [0.1, 0.15) is 19.3 Å². The van der Waals surface area contributed by atoms with Gasteiger partial charge in [-0.2, -0.15) is 0 Å². The molecule has 0 radical (unpaired) electrons. The number of nitrogens with two attached hydrogens (primary N) is 1. The molecule has 0 aromatic carbocycles. The van der Waals surface area contributed by atoms with E-state index in [1.165, 1.54) is 0 Å². The molecule has 12 heavy (non-hydrogen) atoms. The minimum atomic E-state index is -0.254. The number of carbonyl (C=O) groups excluding carboxylic acids is 1. The van der Waals surface area contributed by atoms with Gasteiger partial charge in [0.15, 0.2) is 0 Å². The predicted molar refractivity (Wildman–Crippen MR) is 45.4 cm³/mol. The summed E-state index contributed by atoms with van der Waals surface area (Å²) in [5.74, 6) is 0.103. The topological polar surface area (TPSA) is 75.3 Å². The molecule has 1 aliphatic rings. The van der Waals surface area contributed by atoms with E-state index in [0.717, 1.165) is 6.42 Å². The maximum atomic E-state index is 11.2. The lowest BCUT2D eigenvalue weighted by Gasteiger charge is -2.29. The van der Waals surface area contributed by atoms with Crippen LogP contribution in [0.15, 0.2) is 0 Å². The molecule has 70 valence electrons. The van der Waals surface area contributed by atoms with Gasteiger partial charge < -0.3 is 16.2 Å². The van der Waals surface area contributed by atoms with E-state index < -0.39 is 0 Å². The molecule has 0 unspecified atom stereocenters. The van der Waals surface area contributed by atoms with Gasteiger partial charge in [0.2, 0.25) is 5.91 Å². The number of hydrogen-bond acceptors (Lipinski definition) is 3. The van der Waals surface area contributed by atoms with Crippen LogP contribution in [0.25, 0.3) is 0 Å². The molecule has 0 aromatic heterocycles. The van der Waals surface area contributed by atoms with Crippen molar-refractivity contribution in [1.29, 1.82) is 0 Å². The fourth-order valence-electron chi connectivity index (χ4n) is 1.26. The number of nitrogens with one attached hydrogen (secondary N) is 1. The van der Waals surface area contributed by atoms with Crippen molar-refractivity contribution in [3.05, 3.63) is 0 Å². The van der Waals surface area contributed by atoms with Crippen molar-refractivity contribution in [2.24, 2.45) is 11.7 Å². The van der Waals surface area contributed by atoms with E-state index in [0.29, 0.717) is 25.9 Å². The predicted octanol–water partition coefficient (Wildman–Crippen LogP) is -0.778. The highest BCUT2D eigenvalue weighted by molar-refractivity contribution is 5.79. The van der Waals surface area contributed by atoms with Crippen molar-refractivity contribution in [2.75, 3.05) is 13.1 Å². The molecule has 4 N–H and O–H groups in total. The number of carbonyl (C=O) groups is 1. The number of aliphatic hydroxyl groups is 1. The molecule has 0 spiro atoms. The molecular formula is C8H16N2O2. The summed E-state index contributed by atoms with van der Waals surface area (Å²) in [6.45, 7) is 1.26. The van der Waals surface area contributed by atoms with Crippen LogP contribution in [-0.4, -0.2) is 30.2 Å². The Morgan fingerprint density at radius 1 is 1.58 bits per heavy atom. The molecular weight excluding hydrogens is 156 g/mol. The highest BCUT2D eigenvalue weighted by Gasteiger charge is 2.32. The summed E-state index contributed by atoms with van der Waals surface area (Å²) >= 11 is 0. The van der Waals surface area contributed by atoms with Crippen LogP contribution in [0.3, 0.4) is 0 Å². The Bertz CT molecular complexity index is 155. The average Bonchev–Trinajstić information content (AvgIpc) is 1.99. The maximum Gasteiger partial charge on any atom is 0.223 e. The molecule has 1 aliphatic carbocycles. The largest absolute Gasteiger partial charge is 0.393 e. The minimum Gasteiger partial charge on any atom is -0.393 e. The summed E-state index contributed by atoms with van der Waals surface area (Å²) < 4.78 is 0. The highest BCUT2D eigenvalue weighted by atomic mass is 16.3. The Hall–Kier alpha value is -0.610. The summed E-state index contributed by atoms with van der Waals surface area (Å²) in [5.41, 5.74) is 5.27. The van der Waals surface area contributed by atoms with E-state index in [9.17, 15) is 4.79 Å². The average molecular weight is 172 g/mol. The Morgan fingerprint density at radius 3 is 2.75 bits per heavy atom. The van der Waals surface area contributed by atoms with Gasteiger partial charge in [-0.25, -0.2) is 0 Å². The summed E-state index contributed by atoms with van der Waals surface area (Å²) in [6, 6.07) is 0. The Balaban J connectivity index is 2.04. The van der Waals surface area contributed by atoms with E-state index in [1.54, 1.807) is 0 Å². The van der Waals surface area contributed by atoms with Gasteiger partial charge >= 0.3 is 0 Å². The molecule has 0 heterocycles. The van der Waals surface area contributed by atoms with Gasteiger partial charge in [-0.3, -0.25) is 4.79 Å². The standard InChI is InChI=1S/C8H16N2O2/c9-2-1-3-10-8(12)6-4-7(11)5-6/h6-7,11H,1-5,9H2,(H,10,12). The first-order valence-corrected chi connectivity index (χ1v) is 4.40. The zero-order chi connectivity index (χ0) is 8.97. The third-order valence-electron chi connectivity index (χ3n) is 2.16. The van der Waals surface area contributed by atoms with Gasteiger partial charge in [-0.1, -0.05) is 0 Å². The lowest BCUT2D eigenvalue weighted by atomic mass is 9.82. The van der Waals surface area contributed by atoms with Crippen molar-refractivity contribution in [2.45, 2.75) is 25.4 Å². The van der Waals surface area contributed by atoms with Gasteiger partial charge in [0, 0.05) is 12.5 Å². The second-order valence-electron chi connectivity index (χ2n) is 3.26. The van der Waals surface area contributed by atoms with Crippen LogP contribution < -0.4 is 11.1 Å².